The molecule has 5 nitrogen and oxygen atoms in total. The van der Waals surface area contributed by atoms with E-state index in [0.717, 1.165) is 24.4 Å². The van der Waals surface area contributed by atoms with Crippen LogP contribution in [0, 0.1) is 5.92 Å². The van der Waals surface area contributed by atoms with E-state index in [9.17, 15) is 4.79 Å². The minimum absolute atomic E-state index is 0.0210. The summed E-state index contributed by atoms with van der Waals surface area (Å²) in [6, 6.07) is 0. The first kappa shape index (κ1) is 14.7. The van der Waals surface area contributed by atoms with Gasteiger partial charge in [0.05, 0.1) is 11.5 Å². The number of aliphatic imine (C=N–C) groups is 1. The van der Waals surface area contributed by atoms with Crippen molar-refractivity contribution in [3.8, 4) is 0 Å². The Hall–Kier alpha value is -1.39. The van der Waals surface area contributed by atoms with Crippen LogP contribution in [0.3, 0.4) is 0 Å². The van der Waals surface area contributed by atoms with Crippen molar-refractivity contribution < 1.29 is 9.63 Å². The molecule has 0 saturated carbocycles. The van der Waals surface area contributed by atoms with Gasteiger partial charge in [0.15, 0.2) is 0 Å². The first-order valence-corrected chi connectivity index (χ1v) is 6.38. The molecule has 102 valence electrons. The van der Waals surface area contributed by atoms with Crippen molar-refractivity contribution in [2.45, 2.75) is 46.1 Å². The van der Waals surface area contributed by atoms with Crippen LogP contribution in [0.15, 0.2) is 10.1 Å². The van der Waals surface area contributed by atoms with E-state index >= 15 is 0 Å². The Morgan fingerprint density at radius 3 is 2.56 bits per heavy atom. The SMILES string of the molecule is CCCC1=NOC(=O)C1(N=C(C)N(C)C)C(C)C. The van der Waals surface area contributed by atoms with E-state index in [4.69, 9.17) is 4.84 Å². The number of hydrogen-bond donors (Lipinski definition) is 0. The second kappa shape index (κ2) is 5.50. The Kier molecular flexibility index (Phi) is 4.48. The summed E-state index contributed by atoms with van der Waals surface area (Å²) in [5, 5.41) is 3.94. The minimum atomic E-state index is -0.940. The van der Waals surface area contributed by atoms with Crippen molar-refractivity contribution in [3.63, 3.8) is 0 Å². The predicted molar refractivity (Wildman–Crippen MR) is 72.8 cm³/mol. The Balaban J connectivity index is 3.25. The molecular weight excluding hydrogens is 230 g/mol. The number of carbonyl (C=O) groups is 1. The van der Waals surface area contributed by atoms with Gasteiger partial charge >= 0.3 is 5.97 Å². The van der Waals surface area contributed by atoms with Crippen LogP contribution in [-0.2, 0) is 9.63 Å². The molecule has 18 heavy (non-hydrogen) atoms. The van der Waals surface area contributed by atoms with E-state index in [1.807, 2.05) is 39.8 Å². The highest BCUT2D eigenvalue weighted by molar-refractivity contribution is 6.15. The van der Waals surface area contributed by atoms with Crippen LogP contribution in [0.1, 0.15) is 40.5 Å². The third kappa shape index (κ3) is 2.40. The third-order valence-corrected chi connectivity index (χ3v) is 3.30. The van der Waals surface area contributed by atoms with Crippen molar-refractivity contribution in [1.82, 2.24) is 4.90 Å². The second-order valence-corrected chi connectivity index (χ2v) is 5.14. The maximum atomic E-state index is 12.1. The van der Waals surface area contributed by atoms with Gasteiger partial charge in [-0.15, -0.1) is 0 Å². The molecule has 1 unspecified atom stereocenters. The molecular formula is C13H23N3O2. The summed E-state index contributed by atoms with van der Waals surface area (Å²) >= 11 is 0. The van der Waals surface area contributed by atoms with Crippen molar-refractivity contribution >= 4 is 17.5 Å². The summed E-state index contributed by atoms with van der Waals surface area (Å²) in [6.07, 6.45) is 1.65. The van der Waals surface area contributed by atoms with Crippen molar-refractivity contribution in [1.29, 1.82) is 0 Å². The molecule has 0 radical (unpaired) electrons. The van der Waals surface area contributed by atoms with E-state index in [2.05, 4.69) is 17.1 Å². The van der Waals surface area contributed by atoms with E-state index < -0.39 is 5.54 Å². The quantitative estimate of drug-likeness (QED) is 0.438. The van der Waals surface area contributed by atoms with Crippen molar-refractivity contribution in [2.75, 3.05) is 14.1 Å². The predicted octanol–water partition coefficient (Wildman–Crippen LogP) is 2.07. The molecule has 1 rings (SSSR count). The van der Waals surface area contributed by atoms with Gasteiger partial charge in [-0.3, -0.25) is 0 Å². The average Bonchev–Trinajstić information content (AvgIpc) is 2.59. The molecule has 0 amide bonds. The number of hydrogen-bond acceptors (Lipinski definition) is 4. The number of carbonyl (C=O) groups excluding carboxylic acids is 1. The van der Waals surface area contributed by atoms with E-state index in [1.165, 1.54) is 0 Å². The highest BCUT2D eigenvalue weighted by atomic mass is 16.7. The monoisotopic (exact) mass is 253 g/mol. The van der Waals surface area contributed by atoms with Crippen LogP contribution < -0.4 is 0 Å². The molecule has 0 spiro atoms. The summed E-state index contributed by atoms with van der Waals surface area (Å²) in [7, 11) is 3.81. The second-order valence-electron chi connectivity index (χ2n) is 5.14. The molecule has 0 fully saturated rings. The summed E-state index contributed by atoms with van der Waals surface area (Å²) in [4.78, 5) is 23.5. The Morgan fingerprint density at radius 1 is 1.50 bits per heavy atom. The number of nitrogens with zero attached hydrogens (tertiary/aromatic N) is 3. The van der Waals surface area contributed by atoms with Crippen LogP contribution in [0.25, 0.3) is 0 Å². The van der Waals surface area contributed by atoms with Gasteiger partial charge in [-0.05, 0) is 19.3 Å². The van der Waals surface area contributed by atoms with E-state index in [-0.39, 0.29) is 11.9 Å². The third-order valence-electron chi connectivity index (χ3n) is 3.30. The van der Waals surface area contributed by atoms with Gasteiger partial charge in [-0.2, -0.15) is 0 Å². The zero-order valence-corrected chi connectivity index (χ0v) is 12.1. The van der Waals surface area contributed by atoms with E-state index in [0.29, 0.717) is 0 Å². The van der Waals surface area contributed by atoms with Gasteiger partial charge in [0.2, 0.25) is 5.54 Å². The molecule has 1 heterocycles. The molecule has 0 aromatic rings. The van der Waals surface area contributed by atoms with Gasteiger partial charge in [0, 0.05) is 14.1 Å². The maximum absolute atomic E-state index is 12.1. The lowest BCUT2D eigenvalue weighted by molar-refractivity contribution is -0.145. The van der Waals surface area contributed by atoms with Gasteiger partial charge in [-0.1, -0.05) is 32.3 Å². The lowest BCUT2D eigenvalue weighted by Gasteiger charge is -2.28. The smallest absolute Gasteiger partial charge is 0.367 e. The molecule has 0 aromatic heterocycles. The van der Waals surface area contributed by atoms with Gasteiger partial charge in [0.25, 0.3) is 0 Å². The molecule has 0 aromatic carbocycles. The van der Waals surface area contributed by atoms with Crippen LogP contribution in [0.4, 0.5) is 0 Å². The van der Waals surface area contributed by atoms with E-state index in [1.54, 1.807) is 0 Å². The topological polar surface area (TPSA) is 54.3 Å². The highest BCUT2D eigenvalue weighted by Crippen LogP contribution is 2.33. The molecule has 0 bridgehead atoms. The fraction of sp³-hybridized carbons (Fsp3) is 0.769. The van der Waals surface area contributed by atoms with Crippen molar-refractivity contribution in [3.05, 3.63) is 0 Å². The Bertz CT molecular complexity index is 386. The summed E-state index contributed by atoms with van der Waals surface area (Å²) < 4.78 is 0. The van der Waals surface area contributed by atoms with Crippen LogP contribution in [0.5, 0.6) is 0 Å². The van der Waals surface area contributed by atoms with Crippen LogP contribution >= 0.6 is 0 Å². The van der Waals surface area contributed by atoms with Crippen LogP contribution in [0.2, 0.25) is 0 Å². The Labute approximate surface area is 109 Å². The fourth-order valence-electron chi connectivity index (χ4n) is 1.99. The standard InChI is InChI=1S/C13H23N3O2/c1-7-8-11-13(9(2)3,12(17)18-15-11)14-10(4)16(5)6/h9H,7-8H2,1-6H3. The zero-order chi connectivity index (χ0) is 13.9. The van der Waals surface area contributed by atoms with Crippen molar-refractivity contribution in [2.24, 2.45) is 16.1 Å². The summed E-state index contributed by atoms with van der Waals surface area (Å²) in [6.45, 7) is 7.90. The molecule has 5 heteroatoms. The minimum Gasteiger partial charge on any atom is -0.367 e. The summed E-state index contributed by atoms with van der Waals surface area (Å²) in [5.41, 5.74) is -0.198. The highest BCUT2D eigenvalue weighted by Gasteiger charge is 2.52. The van der Waals surface area contributed by atoms with Gasteiger partial charge < -0.3 is 9.74 Å². The summed E-state index contributed by atoms with van der Waals surface area (Å²) in [5.74, 6) is 0.459. The molecule has 0 aliphatic carbocycles. The van der Waals surface area contributed by atoms with Gasteiger partial charge in [-0.25, -0.2) is 9.79 Å². The zero-order valence-electron chi connectivity index (χ0n) is 12.1. The number of oxime groups is 1. The molecule has 1 aliphatic rings. The molecule has 0 saturated heterocycles. The van der Waals surface area contributed by atoms with Gasteiger partial charge in [0.1, 0.15) is 0 Å². The first-order chi connectivity index (χ1) is 8.36. The average molecular weight is 253 g/mol. The molecule has 1 aliphatic heterocycles. The lowest BCUT2D eigenvalue weighted by Crippen LogP contribution is -2.47. The normalized spacial score (nSPS) is 24.3. The largest absolute Gasteiger partial charge is 0.368 e. The number of amidine groups is 1. The Morgan fingerprint density at radius 2 is 2.11 bits per heavy atom. The van der Waals surface area contributed by atoms with Crippen LogP contribution in [-0.4, -0.2) is 42.1 Å². The lowest BCUT2D eigenvalue weighted by atomic mass is 9.81. The molecule has 0 N–H and O–H groups in total. The first-order valence-electron chi connectivity index (χ1n) is 6.38. The molecule has 1 atom stereocenters. The maximum Gasteiger partial charge on any atom is 0.368 e. The fourth-order valence-corrected chi connectivity index (χ4v) is 1.99. The number of rotatable bonds is 4.